The number of ether oxygens (including phenoxy) is 5. The van der Waals surface area contributed by atoms with Gasteiger partial charge in [0.05, 0.1) is 13.2 Å². The SMILES string of the molecule is CC(C)(C)Oc1ccc(C(OC(c2ccc(OC(C)(C)C)cc2)C2CO2)C2CO2)cc1. The molecule has 4 unspecified atom stereocenters. The van der Waals surface area contributed by atoms with Gasteiger partial charge in [-0.15, -0.1) is 0 Å². The molecule has 0 saturated carbocycles. The van der Waals surface area contributed by atoms with Crippen LogP contribution in [0.4, 0.5) is 0 Å². The molecule has 2 aromatic rings. The number of rotatable bonds is 8. The minimum Gasteiger partial charge on any atom is -0.488 e. The summed E-state index contributed by atoms with van der Waals surface area (Å²) in [6.45, 7) is 13.7. The number of benzene rings is 2. The largest absolute Gasteiger partial charge is 0.488 e. The molecule has 2 aliphatic rings. The molecule has 2 saturated heterocycles. The van der Waals surface area contributed by atoms with Gasteiger partial charge in [-0.3, -0.25) is 0 Å². The van der Waals surface area contributed by atoms with E-state index in [0.29, 0.717) is 13.2 Å². The summed E-state index contributed by atoms with van der Waals surface area (Å²) < 4.78 is 29.8. The standard InChI is InChI=1S/C26H34O5/c1-25(2,3)30-19-11-7-17(8-12-19)23(21-15-27-21)29-24(22-16-28-22)18-9-13-20(14-10-18)31-26(4,5)6/h7-14,21-24H,15-16H2,1-6H3. The molecule has 31 heavy (non-hydrogen) atoms. The summed E-state index contributed by atoms with van der Waals surface area (Å²) in [5.41, 5.74) is 1.71. The minimum atomic E-state index is -0.228. The van der Waals surface area contributed by atoms with Crippen LogP contribution in [0, 0.1) is 0 Å². The van der Waals surface area contributed by atoms with E-state index in [2.05, 4.69) is 24.3 Å². The highest BCUT2D eigenvalue weighted by Crippen LogP contribution is 2.41. The van der Waals surface area contributed by atoms with Crippen LogP contribution < -0.4 is 9.47 Å². The van der Waals surface area contributed by atoms with Gasteiger partial charge in [0.1, 0.15) is 47.1 Å². The average Bonchev–Trinajstić information content (AvgIpc) is 3.56. The first kappa shape index (κ1) is 22.1. The van der Waals surface area contributed by atoms with Gasteiger partial charge in [-0.25, -0.2) is 0 Å². The lowest BCUT2D eigenvalue weighted by Gasteiger charge is -2.25. The molecule has 168 valence electrons. The molecule has 0 N–H and O–H groups in total. The second-order valence-electron chi connectivity index (χ2n) is 10.3. The lowest BCUT2D eigenvalue weighted by Crippen LogP contribution is -2.23. The normalized spacial score (nSPS) is 22.5. The van der Waals surface area contributed by atoms with Gasteiger partial charge < -0.3 is 23.7 Å². The van der Waals surface area contributed by atoms with E-state index < -0.39 is 0 Å². The summed E-state index contributed by atoms with van der Waals surface area (Å²) in [5, 5.41) is 0. The fourth-order valence-electron chi connectivity index (χ4n) is 3.54. The third-order valence-corrected chi connectivity index (χ3v) is 4.95. The third kappa shape index (κ3) is 6.45. The molecule has 4 atom stereocenters. The van der Waals surface area contributed by atoms with Crippen molar-refractivity contribution in [2.24, 2.45) is 0 Å². The van der Waals surface area contributed by atoms with E-state index in [1.807, 2.05) is 65.8 Å². The van der Waals surface area contributed by atoms with E-state index in [0.717, 1.165) is 22.6 Å². The van der Waals surface area contributed by atoms with Crippen molar-refractivity contribution in [3.63, 3.8) is 0 Å². The highest BCUT2D eigenvalue weighted by molar-refractivity contribution is 5.32. The van der Waals surface area contributed by atoms with Gasteiger partial charge in [-0.05, 0) is 76.9 Å². The summed E-state index contributed by atoms with van der Waals surface area (Å²) in [6.07, 6.45) is -0.162. The van der Waals surface area contributed by atoms with E-state index >= 15 is 0 Å². The molecule has 2 heterocycles. The fraction of sp³-hybridized carbons (Fsp3) is 0.538. The minimum absolute atomic E-state index is 0.0686. The first-order valence-corrected chi connectivity index (χ1v) is 11.0. The van der Waals surface area contributed by atoms with Crippen LogP contribution in [0.2, 0.25) is 0 Å². The summed E-state index contributed by atoms with van der Waals surface area (Å²) in [4.78, 5) is 0. The van der Waals surface area contributed by atoms with Gasteiger partial charge in [0.15, 0.2) is 0 Å². The van der Waals surface area contributed by atoms with Crippen LogP contribution in [0.25, 0.3) is 0 Å². The molecule has 2 aromatic carbocycles. The zero-order chi connectivity index (χ0) is 22.2. The van der Waals surface area contributed by atoms with Gasteiger partial charge >= 0.3 is 0 Å². The van der Waals surface area contributed by atoms with E-state index in [1.165, 1.54) is 0 Å². The van der Waals surface area contributed by atoms with Crippen molar-refractivity contribution >= 4 is 0 Å². The molecule has 0 radical (unpaired) electrons. The van der Waals surface area contributed by atoms with Crippen LogP contribution in [-0.4, -0.2) is 36.6 Å². The number of hydrogen-bond donors (Lipinski definition) is 0. The van der Waals surface area contributed by atoms with E-state index in [4.69, 9.17) is 23.7 Å². The molecular formula is C26H34O5. The molecule has 0 spiro atoms. The maximum Gasteiger partial charge on any atom is 0.120 e. The van der Waals surface area contributed by atoms with Crippen molar-refractivity contribution < 1.29 is 23.7 Å². The molecule has 2 fully saturated rings. The van der Waals surface area contributed by atoms with Gasteiger partial charge in [0, 0.05) is 0 Å². The predicted octanol–water partition coefficient (Wildman–Crippen LogP) is 5.64. The highest BCUT2D eigenvalue weighted by Gasteiger charge is 2.42. The fourth-order valence-corrected chi connectivity index (χ4v) is 3.54. The average molecular weight is 427 g/mol. The first-order valence-electron chi connectivity index (χ1n) is 11.0. The van der Waals surface area contributed by atoms with Crippen LogP contribution >= 0.6 is 0 Å². The smallest absolute Gasteiger partial charge is 0.120 e. The summed E-state index contributed by atoms with van der Waals surface area (Å²) in [5.74, 6) is 1.70. The van der Waals surface area contributed by atoms with Gasteiger partial charge in [0.2, 0.25) is 0 Å². The number of epoxide rings is 2. The Bertz CT molecular complexity index is 779. The van der Waals surface area contributed by atoms with E-state index in [-0.39, 0.29) is 35.6 Å². The zero-order valence-electron chi connectivity index (χ0n) is 19.4. The van der Waals surface area contributed by atoms with Crippen molar-refractivity contribution in [3.05, 3.63) is 59.7 Å². The van der Waals surface area contributed by atoms with Gasteiger partial charge in [0.25, 0.3) is 0 Å². The Morgan fingerprint density at radius 1 is 0.645 bits per heavy atom. The van der Waals surface area contributed by atoms with Crippen LogP contribution in [0.3, 0.4) is 0 Å². The van der Waals surface area contributed by atoms with Gasteiger partial charge in [-0.1, -0.05) is 24.3 Å². The Morgan fingerprint density at radius 2 is 0.968 bits per heavy atom. The molecule has 0 amide bonds. The zero-order valence-corrected chi connectivity index (χ0v) is 19.4. The molecule has 0 aliphatic carbocycles. The molecule has 0 aromatic heterocycles. The van der Waals surface area contributed by atoms with Gasteiger partial charge in [-0.2, -0.15) is 0 Å². The molecule has 0 bridgehead atoms. The topological polar surface area (TPSA) is 52.8 Å². The second kappa shape index (κ2) is 8.45. The maximum atomic E-state index is 6.62. The van der Waals surface area contributed by atoms with Crippen molar-refractivity contribution in [1.29, 1.82) is 0 Å². The Hall–Kier alpha value is -2.08. The highest BCUT2D eigenvalue weighted by atomic mass is 16.6. The Balaban J connectivity index is 1.49. The summed E-state index contributed by atoms with van der Waals surface area (Å²) in [7, 11) is 0. The Labute approximate surface area is 185 Å². The van der Waals surface area contributed by atoms with Crippen LogP contribution in [0.15, 0.2) is 48.5 Å². The van der Waals surface area contributed by atoms with Crippen molar-refractivity contribution in [1.82, 2.24) is 0 Å². The van der Waals surface area contributed by atoms with E-state index in [9.17, 15) is 0 Å². The monoisotopic (exact) mass is 426 g/mol. The molecule has 5 nitrogen and oxygen atoms in total. The predicted molar refractivity (Wildman–Crippen MR) is 120 cm³/mol. The summed E-state index contributed by atoms with van der Waals surface area (Å²) >= 11 is 0. The molecule has 2 aliphatic heterocycles. The second-order valence-corrected chi connectivity index (χ2v) is 10.3. The Morgan fingerprint density at radius 3 is 1.23 bits per heavy atom. The van der Waals surface area contributed by atoms with Crippen LogP contribution in [0.5, 0.6) is 11.5 Å². The van der Waals surface area contributed by atoms with Crippen molar-refractivity contribution in [2.45, 2.75) is 77.2 Å². The third-order valence-electron chi connectivity index (χ3n) is 4.95. The lowest BCUT2D eigenvalue weighted by atomic mass is 10.0. The van der Waals surface area contributed by atoms with Crippen LogP contribution in [0.1, 0.15) is 64.9 Å². The first-order chi connectivity index (χ1) is 14.6. The molecule has 4 rings (SSSR count). The summed E-state index contributed by atoms with van der Waals surface area (Å²) in [6, 6.07) is 16.3. The maximum absolute atomic E-state index is 6.62. The van der Waals surface area contributed by atoms with Crippen LogP contribution in [-0.2, 0) is 14.2 Å². The van der Waals surface area contributed by atoms with E-state index in [1.54, 1.807) is 0 Å². The number of hydrogen-bond acceptors (Lipinski definition) is 5. The molecular weight excluding hydrogens is 392 g/mol. The lowest BCUT2D eigenvalue weighted by molar-refractivity contribution is -0.0419. The quantitative estimate of drug-likeness (QED) is 0.512. The Kier molecular flexibility index (Phi) is 6.03. The molecule has 5 heteroatoms. The van der Waals surface area contributed by atoms with Crippen molar-refractivity contribution in [3.8, 4) is 11.5 Å². The van der Waals surface area contributed by atoms with Crippen molar-refractivity contribution in [2.75, 3.05) is 13.2 Å².